The van der Waals surface area contributed by atoms with Gasteiger partial charge in [-0.2, -0.15) is 0 Å². The van der Waals surface area contributed by atoms with Gasteiger partial charge in [0.1, 0.15) is 0 Å². The monoisotopic (exact) mass is 287 g/mol. The van der Waals surface area contributed by atoms with Crippen LogP contribution in [0.15, 0.2) is 30.3 Å². The van der Waals surface area contributed by atoms with Crippen LogP contribution in [0.25, 0.3) is 0 Å². The van der Waals surface area contributed by atoms with Crippen molar-refractivity contribution in [2.75, 3.05) is 0 Å². The number of unbranched alkanes of at least 4 members (excludes halogenated alkanes) is 5. The van der Waals surface area contributed by atoms with Crippen LogP contribution in [0.1, 0.15) is 51.0 Å². The van der Waals surface area contributed by atoms with E-state index in [9.17, 15) is 0 Å². The number of aryl methyl sites for hydroxylation is 1. The molecule has 2 aromatic rings. The SMILES string of the molecule is CCCCCCCCn1nnn(Cc2ccccc2)c1=N. The van der Waals surface area contributed by atoms with Gasteiger partial charge in [0.05, 0.1) is 6.54 Å². The van der Waals surface area contributed by atoms with E-state index in [0.29, 0.717) is 12.2 Å². The summed E-state index contributed by atoms with van der Waals surface area (Å²) in [5.74, 6) is 0. The lowest BCUT2D eigenvalue weighted by Gasteiger charge is -2.02. The minimum atomic E-state index is 0.382. The smallest absolute Gasteiger partial charge is 0.238 e. The zero-order valence-corrected chi connectivity index (χ0v) is 12.8. The molecule has 5 heteroatoms. The molecule has 0 atom stereocenters. The van der Waals surface area contributed by atoms with Crippen LogP contribution in [0.2, 0.25) is 0 Å². The highest BCUT2D eigenvalue weighted by molar-refractivity contribution is 5.14. The van der Waals surface area contributed by atoms with Crippen LogP contribution < -0.4 is 5.62 Å². The lowest BCUT2D eigenvalue weighted by molar-refractivity contribution is 0.499. The van der Waals surface area contributed by atoms with E-state index in [1.807, 2.05) is 30.3 Å². The third-order valence-electron chi connectivity index (χ3n) is 3.64. The molecule has 0 fully saturated rings. The fourth-order valence-corrected chi connectivity index (χ4v) is 2.37. The van der Waals surface area contributed by atoms with Gasteiger partial charge in [-0.05, 0) is 22.4 Å². The second kappa shape index (κ2) is 8.39. The summed E-state index contributed by atoms with van der Waals surface area (Å²) in [6.45, 7) is 3.63. The first-order chi connectivity index (χ1) is 10.3. The number of tetrazole rings is 1. The molecule has 1 aromatic carbocycles. The molecule has 0 aliphatic heterocycles. The van der Waals surface area contributed by atoms with Gasteiger partial charge in [0.2, 0.25) is 5.62 Å². The Morgan fingerprint density at radius 1 is 0.905 bits per heavy atom. The Morgan fingerprint density at radius 2 is 1.57 bits per heavy atom. The quantitative estimate of drug-likeness (QED) is 0.721. The summed E-state index contributed by atoms with van der Waals surface area (Å²) < 4.78 is 3.34. The van der Waals surface area contributed by atoms with Gasteiger partial charge in [0.15, 0.2) is 0 Å². The molecular formula is C16H25N5. The topological polar surface area (TPSA) is 59.5 Å². The van der Waals surface area contributed by atoms with E-state index < -0.39 is 0 Å². The second-order valence-electron chi connectivity index (χ2n) is 5.44. The zero-order valence-electron chi connectivity index (χ0n) is 12.8. The van der Waals surface area contributed by atoms with Crippen molar-refractivity contribution in [2.45, 2.75) is 58.5 Å². The summed E-state index contributed by atoms with van der Waals surface area (Å²) in [5.41, 5.74) is 1.52. The van der Waals surface area contributed by atoms with Gasteiger partial charge in [0.25, 0.3) is 0 Å². The fraction of sp³-hybridized carbons (Fsp3) is 0.562. The first-order valence-corrected chi connectivity index (χ1v) is 7.90. The molecule has 0 unspecified atom stereocenters. The van der Waals surface area contributed by atoms with Crippen LogP contribution in [0.3, 0.4) is 0 Å². The maximum atomic E-state index is 8.12. The molecule has 21 heavy (non-hydrogen) atoms. The van der Waals surface area contributed by atoms with Crippen molar-refractivity contribution in [3.8, 4) is 0 Å². The van der Waals surface area contributed by atoms with Gasteiger partial charge in [-0.25, -0.2) is 9.36 Å². The molecule has 0 aliphatic rings. The number of hydrogen-bond acceptors (Lipinski definition) is 3. The Hall–Kier alpha value is -1.91. The van der Waals surface area contributed by atoms with Crippen molar-refractivity contribution in [3.05, 3.63) is 41.5 Å². The molecule has 1 heterocycles. The van der Waals surface area contributed by atoms with Crippen molar-refractivity contribution in [1.29, 1.82) is 5.41 Å². The molecule has 0 amide bonds. The number of nitrogens with one attached hydrogen (secondary N) is 1. The molecule has 0 bridgehead atoms. The average molecular weight is 287 g/mol. The lowest BCUT2D eigenvalue weighted by atomic mass is 10.1. The van der Waals surface area contributed by atoms with Crippen molar-refractivity contribution >= 4 is 0 Å². The van der Waals surface area contributed by atoms with E-state index in [0.717, 1.165) is 18.5 Å². The van der Waals surface area contributed by atoms with Crippen LogP contribution in [0, 0.1) is 5.41 Å². The average Bonchev–Trinajstić information content (AvgIpc) is 2.85. The third kappa shape index (κ3) is 4.85. The summed E-state index contributed by atoms with van der Waals surface area (Å²) in [6.07, 6.45) is 7.47. The number of benzene rings is 1. The minimum Gasteiger partial charge on any atom is -0.266 e. The fourth-order valence-electron chi connectivity index (χ4n) is 2.37. The number of hydrogen-bond donors (Lipinski definition) is 1. The maximum Gasteiger partial charge on any atom is 0.238 e. The number of nitrogens with zero attached hydrogens (tertiary/aromatic N) is 4. The van der Waals surface area contributed by atoms with Gasteiger partial charge >= 0.3 is 0 Å². The molecule has 5 nitrogen and oxygen atoms in total. The van der Waals surface area contributed by atoms with Crippen LogP contribution in [-0.4, -0.2) is 19.8 Å². The van der Waals surface area contributed by atoms with Gasteiger partial charge < -0.3 is 0 Å². The summed E-state index contributed by atoms with van der Waals surface area (Å²) in [4.78, 5) is 0. The Morgan fingerprint density at radius 3 is 2.33 bits per heavy atom. The predicted octanol–water partition coefficient (Wildman–Crippen LogP) is 2.97. The summed E-state index contributed by atoms with van der Waals surface area (Å²) >= 11 is 0. The number of aromatic nitrogens is 4. The van der Waals surface area contributed by atoms with E-state index in [1.165, 1.54) is 32.1 Å². The van der Waals surface area contributed by atoms with Crippen LogP contribution in [0.4, 0.5) is 0 Å². The molecule has 0 saturated heterocycles. The van der Waals surface area contributed by atoms with Crippen LogP contribution in [-0.2, 0) is 13.1 Å². The molecular weight excluding hydrogens is 262 g/mol. The van der Waals surface area contributed by atoms with Gasteiger partial charge in [-0.3, -0.25) is 5.41 Å². The standard InChI is InChI=1S/C16H25N5/c1-2-3-4-5-6-10-13-20-16(17)21(19-18-20)14-15-11-8-7-9-12-15/h7-9,11-12,17H,2-6,10,13-14H2,1H3. The summed E-state index contributed by atoms with van der Waals surface area (Å²) in [6, 6.07) is 10.1. The lowest BCUT2D eigenvalue weighted by Crippen LogP contribution is -2.26. The Labute approximate surface area is 126 Å². The van der Waals surface area contributed by atoms with Crippen molar-refractivity contribution in [1.82, 2.24) is 19.8 Å². The Bertz CT molecular complexity index is 570. The molecule has 0 aliphatic carbocycles. The molecule has 114 valence electrons. The van der Waals surface area contributed by atoms with E-state index in [4.69, 9.17) is 5.41 Å². The molecule has 2 rings (SSSR count). The highest BCUT2D eigenvalue weighted by atomic mass is 15.6. The molecule has 0 radical (unpaired) electrons. The Kier molecular flexibility index (Phi) is 6.19. The van der Waals surface area contributed by atoms with Gasteiger partial charge in [-0.1, -0.05) is 69.4 Å². The molecule has 1 N–H and O–H groups in total. The highest BCUT2D eigenvalue weighted by Gasteiger charge is 2.04. The maximum absolute atomic E-state index is 8.12. The van der Waals surface area contributed by atoms with E-state index in [-0.39, 0.29) is 0 Å². The summed E-state index contributed by atoms with van der Waals surface area (Å²) in [5, 5.41) is 16.3. The van der Waals surface area contributed by atoms with E-state index in [1.54, 1.807) is 9.36 Å². The van der Waals surface area contributed by atoms with Gasteiger partial charge in [0, 0.05) is 6.54 Å². The van der Waals surface area contributed by atoms with E-state index >= 15 is 0 Å². The van der Waals surface area contributed by atoms with Crippen molar-refractivity contribution in [2.24, 2.45) is 0 Å². The summed E-state index contributed by atoms with van der Waals surface area (Å²) in [7, 11) is 0. The van der Waals surface area contributed by atoms with Crippen LogP contribution >= 0.6 is 0 Å². The third-order valence-corrected chi connectivity index (χ3v) is 3.64. The van der Waals surface area contributed by atoms with E-state index in [2.05, 4.69) is 17.4 Å². The molecule has 1 aromatic heterocycles. The minimum absolute atomic E-state index is 0.382. The first-order valence-electron chi connectivity index (χ1n) is 7.90. The van der Waals surface area contributed by atoms with Crippen LogP contribution in [0.5, 0.6) is 0 Å². The highest BCUT2D eigenvalue weighted by Crippen LogP contribution is 2.05. The van der Waals surface area contributed by atoms with Crippen molar-refractivity contribution in [3.63, 3.8) is 0 Å². The van der Waals surface area contributed by atoms with Crippen molar-refractivity contribution < 1.29 is 0 Å². The first kappa shape index (κ1) is 15.5. The molecule has 0 spiro atoms. The predicted molar refractivity (Wildman–Crippen MR) is 82.8 cm³/mol. The second-order valence-corrected chi connectivity index (χ2v) is 5.44. The Balaban J connectivity index is 1.82. The molecule has 0 saturated carbocycles. The zero-order chi connectivity index (χ0) is 14.9. The normalized spacial score (nSPS) is 10.9. The largest absolute Gasteiger partial charge is 0.266 e. The van der Waals surface area contributed by atoms with Gasteiger partial charge in [-0.15, -0.1) is 0 Å². The number of rotatable bonds is 9.